The molecule has 9 heteroatoms. The summed E-state index contributed by atoms with van der Waals surface area (Å²) in [7, 11) is 1.69. The molecular weight excluding hydrogens is 316 g/mol. The van der Waals surface area contributed by atoms with E-state index in [4.69, 9.17) is 10.1 Å². The van der Waals surface area contributed by atoms with Gasteiger partial charge < -0.3 is 25.5 Å². The van der Waals surface area contributed by atoms with Crippen LogP contribution < -0.4 is 5.32 Å². The van der Waals surface area contributed by atoms with Gasteiger partial charge in [0.05, 0.1) is 31.2 Å². The van der Waals surface area contributed by atoms with Crippen LogP contribution in [0, 0.1) is 5.41 Å². The number of amides is 1. The number of Topliss-reactive ketones (excluding diaryl/α,β-unsaturated/α-hetero) is 1. The van der Waals surface area contributed by atoms with Crippen LogP contribution in [0.4, 0.5) is 0 Å². The molecule has 1 amide bonds. The van der Waals surface area contributed by atoms with E-state index < -0.39 is 35.8 Å². The molecule has 1 heterocycles. The SMILES string of the molecule is CC(C)OC(=O)[C@H](CCC(=O)C=N)NC(=O)[C@H](O)C1CN=CN1C. The Balaban J connectivity index is 2.71. The molecule has 0 bridgehead atoms. The van der Waals surface area contributed by atoms with Crippen LogP contribution in [0.3, 0.4) is 0 Å². The van der Waals surface area contributed by atoms with Crippen LogP contribution in [0.25, 0.3) is 0 Å². The summed E-state index contributed by atoms with van der Waals surface area (Å²) in [6.45, 7) is 3.61. The summed E-state index contributed by atoms with van der Waals surface area (Å²) < 4.78 is 5.07. The second kappa shape index (κ2) is 9.11. The Kier molecular flexibility index (Phi) is 7.50. The molecule has 0 radical (unpaired) electrons. The summed E-state index contributed by atoms with van der Waals surface area (Å²) in [4.78, 5) is 41.1. The maximum Gasteiger partial charge on any atom is 0.328 e. The van der Waals surface area contributed by atoms with Crippen molar-refractivity contribution in [1.29, 1.82) is 5.41 Å². The minimum absolute atomic E-state index is 0.00473. The predicted molar refractivity (Wildman–Crippen MR) is 87.1 cm³/mol. The molecule has 0 saturated carbocycles. The van der Waals surface area contributed by atoms with Crippen molar-refractivity contribution in [2.75, 3.05) is 13.6 Å². The van der Waals surface area contributed by atoms with Gasteiger partial charge in [0.1, 0.15) is 6.04 Å². The number of aliphatic hydroxyl groups is 1. The fraction of sp³-hybridized carbons (Fsp3) is 0.667. The highest BCUT2D eigenvalue weighted by molar-refractivity contribution is 6.26. The van der Waals surface area contributed by atoms with Crippen molar-refractivity contribution in [3.63, 3.8) is 0 Å². The molecule has 0 aromatic heterocycles. The third-order valence-electron chi connectivity index (χ3n) is 3.51. The molecule has 1 aliphatic rings. The molecular formula is C15H24N4O5. The Labute approximate surface area is 140 Å². The maximum absolute atomic E-state index is 12.2. The van der Waals surface area contributed by atoms with Gasteiger partial charge in [-0.3, -0.25) is 14.6 Å². The van der Waals surface area contributed by atoms with E-state index in [1.165, 1.54) is 6.34 Å². The fourth-order valence-corrected chi connectivity index (χ4v) is 2.17. The van der Waals surface area contributed by atoms with E-state index in [1.54, 1.807) is 25.8 Å². The number of carbonyl (C=O) groups is 3. The number of nitrogens with one attached hydrogen (secondary N) is 2. The molecule has 1 unspecified atom stereocenters. The Bertz CT molecular complexity index is 520. The molecule has 24 heavy (non-hydrogen) atoms. The quantitative estimate of drug-likeness (QED) is 0.369. The summed E-state index contributed by atoms with van der Waals surface area (Å²) in [5.41, 5.74) is 0. The van der Waals surface area contributed by atoms with Gasteiger partial charge in [-0.1, -0.05) is 0 Å². The van der Waals surface area contributed by atoms with Crippen LogP contribution in [0.1, 0.15) is 26.7 Å². The molecule has 0 fully saturated rings. The number of ether oxygens (including phenoxy) is 1. The number of likely N-dealkylation sites (N-methyl/N-ethyl adjacent to an activating group) is 1. The summed E-state index contributed by atoms with van der Waals surface area (Å²) in [6, 6.07) is -1.57. The van der Waals surface area contributed by atoms with Crippen LogP contribution in [-0.4, -0.2) is 78.1 Å². The van der Waals surface area contributed by atoms with Gasteiger partial charge >= 0.3 is 5.97 Å². The summed E-state index contributed by atoms with van der Waals surface area (Å²) in [5, 5.41) is 19.4. The first kappa shape index (κ1) is 19.8. The second-order valence-corrected chi connectivity index (χ2v) is 5.85. The molecule has 0 saturated heterocycles. The number of carbonyl (C=O) groups excluding carboxylic acids is 3. The second-order valence-electron chi connectivity index (χ2n) is 5.85. The van der Waals surface area contributed by atoms with Crippen LogP contribution in [-0.2, 0) is 19.1 Å². The Morgan fingerprint density at radius 3 is 2.67 bits per heavy atom. The average molecular weight is 340 g/mol. The smallest absolute Gasteiger partial charge is 0.328 e. The van der Waals surface area contributed by atoms with Crippen molar-refractivity contribution in [2.24, 2.45) is 4.99 Å². The molecule has 0 aromatic carbocycles. The maximum atomic E-state index is 12.2. The van der Waals surface area contributed by atoms with Gasteiger partial charge in [0.25, 0.3) is 5.91 Å². The molecule has 1 aliphatic heterocycles. The Morgan fingerprint density at radius 2 is 2.17 bits per heavy atom. The third kappa shape index (κ3) is 5.73. The fourth-order valence-electron chi connectivity index (χ4n) is 2.17. The minimum Gasteiger partial charge on any atom is -0.461 e. The Morgan fingerprint density at radius 1 is 1.50 bits per heavy atom. The van der Waals surface area contributed by atoms with E-state index >= 15 is 0 Å². The summed E-state index contributed by atoms with van der Waals surface area (Å²) in [5.74, 6) is -1.87. The molecule has 0 spiro atoms. The van der Waals surface area contributed by atoms with Gasteiger partial charge in [0, 0.05) is 13.5 Å². The van der Waals surface area contributed by atoms with Crippen molar-refractivity contribution >= 4 is 30.2 Å². The highest BCUT2D eigenvalue weighted by Gasteiger charge is 2.33. The van der Waals surface area contributed by atoms with Crippen molar-refractivity contribution in [3.8, 4) is 0 Å². The number of rotatable bonds is 9. The first-order chi connectivity index (χ1) is 11.3. The number of aliphatic hydroxyl groups excluding tert-OH is 1. The lowest BCUT2D eigenvalue weighted by molar-refractivity contribution is -0.152. The zero-order valence-electron chi connectivity index (χ0n) is 14.1. The lowest BCUT2D eigenvalue weighted by atomic mass is 10.1. The lowest BCUT2D eigenvalue weighted by Crippen LogP contribution is -2.53. The summed E-state index contributed by atoms with van der Waals surface area (Å²) >= 11 is 0. The normalized spacial score (nSPS) is 19.0. The van der Waals surface area contributed by atoms with Crippen LogP contribution in [0.2, 0.25) is 0 Å². The number of hydrogen-bond acceptors (Lipinski definition) is 8. The van der Waals surface area contributed by atoms with Crippen molar-refractivity contribution in [3.05, 3.63) is 0 Å². The van der Waals surface area contributed by atoms with Gasteiger partial charge in [-0.2, -0.15) is 0 Å². The van der Waals surface area contributed by atoms with Crippen LogP contribution in [0.15, 0.2) is 4.99 Å². The molecule has 134 valence electrons. The molecule has 0 aliphatic carbocycles. The van der Waals surface area contributed by atoms with Crippen LogP contribution >= 0.6 is 0 Å². The van der Waals surface area contributed by atoms with Crippen molar-refractivity contribution in [2.45, 2.75) is 51.0 Å². The number of nitrogens with zero attached hydrogens (tertiary/aromatic N) is 2. The summed E-state index contributed by atoms with van der Waals surface area (Å²) in [6.07, 6.45) is 0.347. The number of ketones is 1. The zero-order chi connectivity index (χ0) is 18.3. The standard InChI is InChI=1S/C15H24N4O5/c1-9(2)24-15(23)11(5-4-10(20)6-16)18-14(22)13(21)12-7-17-8-19(12)3/h6,8-9,11-13,16,21H,4-5,7H2,1-3H3,(H,18,22)/t11-,12?,13+/m0/s1. The van der Waals surface area contributed by atoms with Crippen LogP contribution in [0.5, 0.6) is 0 Å². The molecule has 3 atom stereocenters. The van der Waals surface area contributed by atoms with Gasteiger partial charge in [0.15, 0.2) is 11.9 Å². The van der Waals surface area contributed by atoms with Gasteiger partial charge in [-0.15, -0.1) is 0 Å². The number of esters is 1. The molecule has 9 nitrogen and oxygen atoms in total. The van der Waals surface area contributed by atoms with Gasteiger partial charge in [-0.05, 0) is 20.3 Å². The average Bonchev–Trinajstić information content (AvgIpc) is 2.95. The Hall–Kier alpha value is -2.29. The van der Waals surface area contributed by atoms with E-state index in [1.807, 2.05) is 0 Å². The van der Waals surface area contributed by atoms with E-state index in [0.717, 1.165) is 0 Å². The number of hydrogen-bond donors (Lipinski definition) is 3. The van der Waals surface area contributed by atoms with Gasteiger partial charge in [-0.25, -0.2) is 4.79 Å². The predicted octanol–water partition coefficient (Wildman–Crippen LogP) is -0.875. The monoisotopic (exact) mass is 340 g/mol. The van der Waals surface area contributed by atoms with Crippen molar-refractivity contribution < 1.29 is 24.2 Å². The highest BCUT2D eigenvalue weighted by atomic mass is 16.5. The minimum atomic E-state index is -1.37. The van der Waals surface area contributed by atoms with Gasteiger partial charge in [0.2, 0.25) is 0 Å². The van der Waals surface area contributed by atoms with E-state index in [0.29, 0.717) is 6.21 Å². The molecule has 1 rings (SSSR count). The third-order valence-corrected chi connectivity index (χ3v) is 3.51. The first-order valence-electron chi connectivity index (χ1n) is 7.70. The van der Waals surface area contributed by atoms with Crippen molar-refractivity contribution in [1.82, 2.24) is 10.2 Å². The first-order valence-corrected chi connectivity index (χ1v) is 7.70. The largest absolute Gasteiger partial charge is 0.461 e. The van der Waals surface area contributed by atoms with E-state index in [2.05, 4.69) is 10.3 Å². The lowest BCUT2D eigenvalue weighted by Gasteiger charge is -2.26. The highest BCUT2D eigenvalue weighted by Crippen LogP contribution is 2.09. The topological polar surface area (TPSA) is 132 Å². The zero-order valence-corrected chi connectivity index (χ0v) is 14.1. The van der Waals surface area contributed by atoms with E-state index in [9.17, 15) is 19.5 Å². The number of aliphatic imine (C=N–C) groups is 1. The van der Waals surface area contributed by atoms with E-state index in [-0.39, 0.29) is 25.5 Å². The molecule has 3 N–H and O–H groups in total. The molecule has 0 aromatic rings.